The Kier molecular flexibility index (Phi) is 3.98. The average Bonchev–Trinajstić information content (AvgIpc) is 3.28. The minimum atomic E-state index is -0.353. The van der Waals surface area contributed by atoms with Gasteiger partial charge in [0.25, 0.3) is 0 Å². The number of anilines is 1. The third kappa shape index (κ3) is 2.92. The molecule has 4 fully saturated rings. The number of fused-ring (bicyclic) bond motifs is 2. The molecule has 8 nitrogen and oxygen atoms in total. The van der Waals surface area contributed by atoms with Gasteiger partial charge >= 0.3 is 0 Å². The fraction of sp³-hybridized carbons (Fsp3) is 0.520. The van der Waals surface area contributed by atoms with Crippen LogP contribution in [0, 0.1) is 16.7 Å². The Hall–Kier alpha value is -3.02. The van der Waals surface area contributed by atoms with E-state index in [1.54, 1.807) is 6.33 Å². The topological polar surface area (TPSA) is 83.1 Å². The third-order valence-corrected chi connectivity index (χ3v) is 8.41. The first kappa shape index (κ1) is 19.4. The molecule has 2 aromatic heterocycles. The molecule has 2 atom stereocenters. The minimum absolute atomic E-state index is 0.217. The summed E-state index contributed by atoms with van der Waals surface area (Å²) in [6.07, 6.45) is 8.24. The summed E-state index contributed by atoms with van der Waals surface area (Å²) in [4.78, 5) is 13.8. The van der Waals surface area contributed by atoms with Crippen molar-refractivity contribution in [1.82, 2.24) is 24.6 Å². The summed E-state index contributed by atoms with van der Waals surface area (Å²) in [5, 5.41) is 15.7. The lowest BCUT2D eigenvalue weighted by molar-refractivity contribution is -0.0362. The molecule has 3 aromatic rings. The summed E-state index contributed by atoms with van der Waals surface area (Å²) in [5.41, 5.74) is 2.20. The van der Waals surface area contributed by atoms with Crippen LogP contribution in [0.25, 0.3) is 16.7 Å². The molecule has 0 unspecified atom stereocenters. The Morgan fingerprint density at radius 2 is 1.97 bits per heavy atom. The Labute approximate surface area is 192 Å². The molecule has 4 aliphatic rings. The molecule has 168 valence electrons. The second kappa shape index (κ2) is 6.75. The molecule has 2 aliphatic carbocycles. The average molecular weight is 442 g/mol. The maximum absolute atomic E-state index is 10.0. The van der Waals surface area contributed by atoms with Crippen LogP contribution in [0.15, 0.2) is 36.8 Å². The Morgan fingerprint density at radius 1 is 1.12 bits per heavy atom. The summed E-state index contributed by atoms with van der Waals surface area (Å²) in [6, 6.07) is 11.4. The standard InChI is InChI=1S/C25H27N7O/c1-30-6-7-33-21-12-31(11-20(21)30)22-9-23(28-16-27-22)32-19-8-18(3-2-17(19)10-29-32)25(15-26)13-24(14-25)4-5-24/h2-3,8-10,16,20-21H,4-7,11-14H2,1H3/t20-,21+/m0/s1. The number of rotatable bonds is 3. The van der Waals surface area contributed by atoms with Gasteiger partial charge in [0.05, 0.1) is 42.0 Å². The molecule has 0 bridgehead atoms. The van der Waals surface area contributed by atoms with Crippen LogP contribution in [-0.2, 0) is 10.2 Å². The largest absolute Gasteiger partial charge is 0.373 e. The Balaban J connectivity index is 1.22. The summed E-state index contributed by atoms with van der Waals surface area (Å²) in [6.45, 7) is 3.49. The molecule has 2 saturated heterocycles. The smallest absolute Gasteiger partial charge is 0.159 e. The fourth-order valence-electron chi connectivity index (χ4n) is 6.28. The number of aromatic nitrogens is 4. The highest BCUT2D eigenvalue weighted by Crippen LogP contribution is 2.68. The maximum Gasteiger partial charge on any atom is 0.159 e. The minimum Gasteiger partial charge on any atom is -0.373 e. The van der Waals surface area contributed by atoms with Gasteiger partial charge in [0.2, 0.25) is 0 Å². The molecule has 33 heavy (non-hydrogen) atoms. The highest BCUT2D eigenvalue weighted by molar-refractivity contribution is 5.81. The first-order chi connectivity index (χ1) is 16.1. The van der Waals surface area contributed by atoms with Crippen molar-refractivity contribution in [2.75, 3.05) is 38.2 Å². The van der Waals surface area contributed by atoms with Crippen LogP contribution >= 0.6 is 0 Å². The van der Waals surface area contributed by atoms with Crippen molar-refractivity contribution in [1.29, 1.82) is 5.26 Å². The van der Waals surface area contributed by atoms with Gasteiger partial charge in [-0.1, -0.05) is 12.1 Å². The van der Waals surface area contributed by atoms with E-state index in [-0.39, 0.29) is 11.5 Å². The van der Waals surface area contributed by atoms with Gasteiger partial charge < -0.3 is 9.64 Å². The zero-order valence-electron chi connectivity index (χ0n) is 18.8. The normalized spacial score (nSPS) is 27.3. The monoisotopic (exact) mass is 441 g/mol. The van der Waals surface area contributed by atoms with E-state index >= 15 is 0 Å². The highest BCUT2D eigenvalue weighted by atomic mass is 16.5. The van der Waals surface area contributed by atoms with Gasteiger partial charge in [-0.25, -0.2) is 14.6 Å². The van der Waals surface area contributed by atoms with Crippen LogP contribution in [0.2, 0.25) is 0 Å². The first-order valence-electron chi connectivity index (χ1n) is 11.9. The van der Waals surface area contributed by atoms with Gasteiger partial charge in [0.15, 0.2) is 5.82 Å². The van der Waals surface area contributed by atoms with Gasteiger partial charge in [-0.05, 0) is 49.8 Å². The van der Waals surface area contributed by atoms with Crippen LogP contribution in [0.5, 0.6) is 0 Å². The van der Waals surface area contributed by atoms with Crippen molar-refractivity contribution < 1.29 is 4.74 Å². The van der Waals surface area contributed by atoms with E-state index in [0.29, 0.717) is 11.5 Å². The van der Waals surface area contributed by atoms with Crippen LogP contribution in [0.4, 0.5) is 5.82 Å². The third-order valence-electron chi connectivity index (χ3n) is 8.41. The molecule has 1 aromatic carbocycles. The number of morpholine rings is 1. The van der Waals surface area contributed by atoms with Crippen molar-refractivity contribution >= 4 is 16.7 Å². The number of likely N-dealkylation sites (N-methyl/N-ethyl adjacent to an activating group) is 1. The molecule has 0 amide bonds. The summed E-state index contributed by atoms with van der Waals surface area (Å²) in [7, 11) is 2.17. The van der Waals surface area contributed by atoms with Gasteiger partial charge in [-0.3, -0.25) is 4.90 Å². The second-order valence-corrected chi connectivity index (χ2v) is 10.5. The predicted molar refractivity (Wildman–Crippen MR) is 123 cm³/mol. The van der Waals surface area contributed by atoms with Gasteiger partial charge in [0, 0.05) is 31.1 Å². The van der Waals surface area contributed by atoms with Crippen molar-refractivity contribution in [3.8, 4) is 11.9 Å². The Morgan fingerprint density at radius 3 is 2.76 bits per heavy atom. The van der Waals surface area contributed by atoms with E-state index in [2.05, 4.69) is 56.2 Å². The number of benzene rings is 1. The number of hydrogen-bond acceptors (Lipinski definition) is 7. The first-order valence-corrected chi connectivity index (χ1v) is 11.9. The number of nitriles is 1. The predicted octanol–water partition coefficient (Wildman–Crippen LogP) is 2.67. The molecule has 1 spiro atoms. The fourth-order valence-corrected chi connectivity index (χ4v) is 6.28. The lowest BCUT2D eigenvalue weighted by Crippen LogP contribution is -2.48. The van der Waals surface area contributed by atoms with Crippen LogP contribution < -0.4 is 4.90 Å². The summed E-state index contributed by atoms with van der Waals surface area (Å²) < 4.78 is 7.89. The highest BCUT2D eigenvalue weighted by Gasteiger charge is 2.62. The summed E-state index contributed by atoms with van der Waals surface area (Å²) in [5.74, 6) is 1.64. The molecule has 0 radical (unpaired) electrons. The molecule has 8 heteroatoms. The molecule has 2 saturated carbocycles. The number of ether oxygens (including phenoxy) is 1. The molecule has 4 heterocycles. The van der Waals surface area contributed by atoms with Crippen LogP contribution in [0.1, 0.15) is 31.2 Å². The van der Waals surface area contributed by atoms with Gasteiger partial charge in [-0.15, -0.1) is 0 Å². The van der Waals surface area contributed by atoms with Gasteiger partial charge in [0.1, 0.15) is 12.1 Å². The Bertz CT molecular complexity index is 1280. The van der Waals surface area contributed by atoms with E-state index < -0.39 is 0 Å². The number of nitrogens with zero attached hydrogens (tertiary/aromatic N) is 7. The zero-order valence-corrected chi connectivity index (χ0v) is 18.8. The van der Waals surface area contributed by atoms with Crippen LogP contribution in [-0.4, -0.2) is 70.1 Å². The van der Waals surface area contributed by atoms with Crippen molar-refractivity contribution in [2.24, 2.45) is 5.41 Å². The molecular formula is C25H27N7O. The van der Waals surface area contributed by atoms with Crippen molar-refractivity contribution in [3.05, 3.63) is 42.4 Å². The second-order valence-electron chi connectivity index (χ2n) is 10.5. The van der Waals surface area contributed by atoms with Crippen molar-refractivity contribution in [3.63, 3.8) is 0 Å². The number of hydrogen-bond donors (Lipinski definition) is 0. The summed E-state index contributed by atoms with van der Waals surface area (Å²) >= 11 is 0. The van der Waals surface area contributed by atoms with E-state index in [1.807, 2.05) is 16.9 Å². The zero-order chi connectivity index (χ0) is 22.2. The lowest BCUT2D eigenvalue weighted by Gasteiger charge is -2.44. The van der Waals surface area contributed by atoms with Crippen molar-refractivity contribution in [2.45, 2.75) is 43.2 Å². The molecular weight excluding hydrogens is 414 g/mol. The van der Waals surface area contributed by atoms with E-state index in [1.165, 1.54) is 12.8 Å². The van der Waals surface area contributed by atoms with Gasteiger partial charge in [-0.2, -0.15) is 10.4 Å². The lowest BCUT2D eigenvalue weighted by atomic mass is 9.57. The van der Waals surface area contributed by atoms with E-state index in [0.717, 1.165) is 67.2 Å². The van der Waals surface area contributed by atoms with Crippen LogP contribution in [0.3, 0.4) is 0 Å². The van der Waals surface area contributed by atoms with E-state index in [4.69, 9.17) is 4.74 Å². The molecule has 2 aliphatic heterocycles. The SMILES string of the molecule is CN1CCO[C@@H]2CN(c3cc(-n4ncc5ccc(C6(C#N)CC7(CC7)C6)cc54)ncn3)C[C@@H]21. The molecule has 0 N–H and O–H groups in total. The molecule has 7 rings (SSSR count). The van der Waals surface area contributed by atoms with E-state index in [9.17, 15) is 5.26 Å². The maximum atomic E-state index is 10.0. The quantitative estimate of drug-likeness (QED) is 0.618.